The molecule has 7 nitrogen and oxygen atoms in total. The summed E-state index contributed by atoms with van der Waals surface area (Å²) in [6, 6.07) is 15.1. The zero-order valence-corrected chi connectivity index (χ0v) is 19.5. The number of piperidine rings is 1. The summed E-state index contributed by atoms with van der Waals surface area (Å²) in [4.78, 5) is 15.3. The summed E-state index contributed by atoms with van der Waals surface area (Å²) in [5.74, 6) is 0.795. The molecule has 2 atom stereocenters. The van der Waals surface area contributed by atoms with E-state index in [1.807, 2.05) is 12.1 Å². The van der Waals surface area contributed by atoms with Gasteiger partial charge in [-0.25, -0.2) is 8.42 Å². The molecule has 2 aliphatic heterocycles. The van der Waals surface area contributed by atoms with Crippen molar-refractivity contribution in [2.24, 2.45) is 5.92 Å². The van der Waals surface area contributed by atoms with E-state index in [4.69, 9.17) is 4.74 Å². The third kappa shape index (κ3) is 5.42. The molecule has 172 valence electrons. The van der Waals surface area contributed by atoms with Crippen LogP contribution in [-0.4, -0.2) is 51.2 Å². The van der Waals surface area contributed by atoms with Gasteiger partial charge in [-0.05, 0) is 48.6 Å². The largest absolute Gasteiger partial charge is 0.476 e. The van der Waals surface area contributed by atoms with Crippen LogP contribution in [0.25, 0.3) is 0 Å². The van der Waals surface area contributed by atoms with Gasteiger partial charge in [0.1, 0.15) is 5.75 Å². The number of nitrogens with zero attached hydrogens (tertiary/aromatic N) is 2. The fraction of sp³-hybridized carbons (Fsp3) is 0.458. The monoisotopic (exact) mass is 457 g/mol. The molecule has 8 heteroatoms. The molecule has 0 radical (unpaired) electrons. The maximum atomic E-state index is 12.8. The van der Waals surface area contributed by atoms with Crippen LogP contribution in [0.2, 0.25) is 0 Å². The van der Waals surface area contributed by atoms with Gasteiger partial charge < -0.3 is 10.1 Å². The minimum absolute atomic E-state index is 0.0468. The number of nitrogens with one attached hydrogen (secondary N) is 1. The first-order valence-corrected chi connectivity index (χ1v) is 13.0. The Hall–Kier alpha value is -2.58. The summed E-state index contributed by atoms with van der Waals surface area (Å²) in [6.07, 6.45) is 2.77. The topological polar surface area (TPSA) is 79.0 Å². The van der Waals surface area contributed by atoms with Gasteiger partial charge in [-0.1, -0.05) is 43.3 Å². The van der Waals surface area contributed by atoms with Crippen LogP contribution in [0.3, 0.4) is 0 Å². The molecule has 2 aromatic carbocycles. The number of carbonyl (C=O) groups excluding carboxylic acids is 1. The number of rotatable bonds is 6. The van der Waals surface area contributed by atoms with E-state index in [-0.39, 0.29) is 12.5 Å². The second-order valence-corrected chi connectivity index (χ2v) is 10.8. The van der Waals surface area contributed by atoms with E-state index in [0.29, 0.717) is 18.0 Å². The van der Waals surface area contributed by atoms with Gasteiger partial charge in [0, 0.05) is 19.6 Å². The van der Waals surface area contributed by atoms with Crippen molar-refractivity contribution in [1.29, 1.82) is 0 Å². The van der Waals surface area contributed by atoms with E-state index >= 15 is 0 Å². The first-order valence-electron chi connectivity index (χ1n) is 11.1. The molecule has 0 aliphatic carbocycles. The number of benzene rings is 2. The smallest absolute Gasteiger partial charge is 0.263 e. The Labute approximate surface area is 190 Å². The number of amides is 1. The van der Waals surface area contributed by atoms with E-state index in [2.05, 4.69) is 29.3 Å². The molecule has 0 spiro atoms. The number of ether oxygens (including phenoxy) is 1. The molecule has 2 aromatic rings. The van der Waals surface area contributed by atoms with Crippen LogP contribution >= 0.6 is 0 Å². The predicted octanol–water partition coefficient (Wildman–Crippen LogP) is 2.76. The van der Waals surface area contributed by atoms with E-state index in [1.54, 1.807) is 24.3 Å². The average molecular weight is 458 g/mol. The molecule has 1 fully saturated rings. The van der Waals surface area contributed by atoms with E-state index in [9.17, 15) is 13.2 Å². The molecule has 2 aliphatic rings. The van der Waals surface area contributed by atoms with E-state index in [1.165, 1.54) is 22.7 Å². The lowest BCUT2D eigenvalue weighted by molar-refractivity contribution is -0.127. The number of hydrogen-bond acceptors (Lipinski definition) is 5. The van der Waals surface area contributed by atoms with Gasteiger partial charge in [0.15, 0.2) is 6.10 Å². The Bertz CT molecular complexity index is 1070. The maximum absolute atomic E-state index is 12.8. The molecule has 2 unspecified atom stereocenters. The molecule has 1 saturated heterocycles. The van der Waals surface area contributed by atoms with Crippen LogP contribution in [-0.2, 0) is 27.9 Å². The first kappa shape index (κ1) is 22.6. The molecule has 0 saturated carbocycles. The summed E-state index contributed by atoms with van der Waals surface area (Å²) in [5, 5.41) is 2.91. The van der Waals surface area contributed by atoms with E-state index < -0.39 is 16.1 Å². The van der Waals surface area contributed by atoms with Crippen molar-refractivity contribution in [2.45, 2.75) is 39.0 Å². The highest BCUT2D eigenvalue weighted by atomic mass is 32.2. The van der Waals surface area contributed by atoms with Gasteiger partial charge in [0.25, 0.3) is 5.91 Å². The minimum Gasteiger partial charge on any atom is -0.476 e. The zero-order chi connectivity index (χ0) is 22.7. The van der Waals surface area contributed by atoms with Crippen LogP contribution in [0, 0.1) is 5.92 Å². The van der Waals surface area contributed by atoms with Crippen LogP contribution in [0.5, 0.6) is 5.75 Å². The maximum Gasteiger partial charge on any atom is 0.263 e. The third-order valence-electron chi connectivity index (χ3n) is 6.03. The first-order chi connectivity index (χ1) is 15.3. The van der Waals surface area contributed by atoms with Gasteiger partial charge in [0.2, 0.25) is 10.0 Å². The Kier molecular flexibility index (Phi) is 6.71. The number of hydrogen-bond donors (Lipinski definition) is 1. The van der Waals surface area contributed by atoms with Gasteiger partial charge in [-0.15, -0.1) is 0 Å². The number of para-hydroxylation sites is 2. The number of carbonyl (C=O) groups is 1. The van der Waals surface area contributed by atoms with Crippen LogP contribution < -0.4 is 14.4 Å². The lowest BCUT2D eigenvalue weighted by atomic mass is 9.99. The molecule has 1 N–H and O–H groups in total. The Morgan fingerprint density at radius 1 is 1.12 bits per heavy atom. The number of sulfonamides is 1. The van der Waals surface area contributed by atoms with E-state index in [0.717, 1.165) is 37.4 Å². The third-order valence-corrected chi connectivity index (χ3v) is 7.18. The molecule has 32 heavy (non-hydrogen) atoms. The number of likely N-dealkylation sites (tertiary alicyclic amines) is 1. The summed E-state index contributed by atoms with van der Waals surface area (Å²) in [7, 11) is -3.53. The van der Waals surface area contributed by atoms with Crippen molar-refractivity contribution in [2.75, 3.05) is 30.2 Å². The summed E-state index contributed by atoms with van der Waals surface area (Å²) in [5.41, 5.74) is 2.70. The van der Waals surface area contributed by atoms with Crippen molar-refractivity contribution in [3.8, 4) is 5.75 Å². The standard InChI is InChI=1S/C24H31N3O4S/c1-18-7-6-12-26(15-18)16-20-9-5-8-19(13-20)14-25-24(28)23-17-27(32(2,29)30)21-10-3-4-11-22(21)31-23/h3-5,8-11,13,18,23H,6-7,12,14-17H2,1-2H3,(H,25,28). The SMILES string of the molecule is CC1CCCN(Cc2cccc(CNC(=O)C3CN(S(C)(=O)=O)c4ccccc4O3)c2)C1. The Morgan fingerprint density at radius 3 is 2.69 bits per heavy atom. The highest BCUT2D eigenvalue weighted by molar-refractivity contribution is 7.92. The molecular weight excluding hydrogens is 426 g/mol. The fourth-order valence-corrected chi connectivity index (χ4v) is 5.40. The lowest BCUT2D eigenvalue weighted by Gasteiger charge is -2.33. The lowest BCUT2D eigenvalue weighted by Crippen LogP contribution is -2.50. The predicted molar refractivity (Wildman–Crippen MR) is 125 cm³/mol. The fourth-order valence-electron chi connectivity index (χ4n) is 4.48. The van der Waals surface area contributed by atoms with Gasteiger partial charge in [-0.2, -0.15) is 0 Å². The van der Waals surface area contributed by atoms with Crippen molar-refractivity contribution in [1.82, 2.24) is 10.2 Å². The molecular formula is C24H31N3O4S. The Balaban J connectivity index is 1.39. The number of fused-ring (bicyclic) bond motifs is 1. The molecule has 0 aromatic heterocycles. The van der Waals surface area contributed by atoms with Crippen LogP contribution in [0.1, 0.15) is 30.9 Å². The van der Waals surface area contributed by atoms with Gasteiger partial charge in [0.05, 0.1) is 18.5 Å². The average Bonchev–Trinajstić information content (AvgIpc) is 2.76. The van der Waals surface area contributed by atoms with Crippen molar-refractivity contribution >= 4 is 21.6 Å². The summed E-state index contributed by atoms with van der Waals surface area (Å²) in [6.45, 7) is 5.78. The zero-order valence-electron chi connectivity index (χ0n) is 18.7. The van der Waals surface area contributed by atoms with Crippen molar-refractivity contribution < 1.29 is 17.9 Å². The Morgan fingerprint density at radius 2 is 1.91 bits per heavy atom. The quantitative estimate of drug-likeness (QED) is 0.722. The second-order valence-electron chi connectivity index (χ2n) is 8.89. The van der Waals surface area contributed by atoms with Crippen LogP contribution in [0.4, 0.5) is 5.69 Å². The molecule has 2 heterocycles. The molecule has 0 bridgehead atoms. The minimum atomic E-state index is -3.53. The molecule has 1 amide bonds. The van der Waals surface area contributed by atoms with Gasteiger partial charge in [-0.3, -0.25) is 14.0 Å². The summed E-state index contributed by atoms with van der Waals surface area (Å²) >= 11 is 0. The summed E-state index contributed by atoms with van der Waals surface area (Å²) < 4.78 is 31.6. The highest BCUT2D eigenvalue weighted by Gasteiger charge is 2.34. The molecule has 4 rings (SSSR count). The normalized spacial score (nSPS) is 21.5. The van der Waals surface area contributed by atoms with Crippen molar-refractivity contribution in [3.63, 3.8) is 0 Å². The number of anilines is 1. The van der Waals surface area contributed by atoms with Crippen molar-refractivity contribution in [3.05, 3.63) is 59.7 Å². The van der Waals surface area contributed by atoms with Gasteiger partial charge >= 0.3 is 0 Å². The highest BCUT2D eigenvalue weighted by Crippen LogP contribution is 2.34. The second kappa shape index (κ2) is 9.50. The van der Waals surface area contributed by atoms with Crippen LogP contribution in [0.15, 0.2) is 48.5 Å².